The number of carbonyl (C=O) groups excluding carboxylic acids is 1. The number of piperidine rings is 1. The highest BCUT2D eigenvalue weighted by Crippen LogP contribution is 2.23. The minimum absolute atomic E-state index is 0. The van der Waals surface area contributed by atoms with Crippen LogP contribution in [-0.2, 0) is 9.53 Å². The van der Waals surface area contributed by atoms with Crippen molar-refractivity contribution in [2.75, 3.05) is 53.0 Å². The smallest absolute Gasteiger partial charge is 0.219 e. The van der Waals surface area contributed by atoms with E-state index in [0.717, 1.165) is 69.7 Å². The van der Waals surface area contributed by atoms with Gasteiger partial charge in [-0.1, -0.05) is 0 Å². The van der Waals surface area contributed by atoms with E-state index in [9.17, 15) is 4.79 Å². The van der Waals surface area contributed by atoms with Crippen LogP contribution in [0.5, 0.6) is 0 Å². The molecule has 164 valence electrons. The number of ether oxygens (including phenoxy) is 1. The van der Waals surface area contributed by atoms with Crippen LogP contribution < -0.4 is 10.6 Å². The Morgan fingerprint density at radius 2 is 1.93 bits per heavy atom. The fourth-order valence-corrected chi connectivity index (χ4v) is 3.85. The van der Waals surface area contributed by atoms with Gasteiger partial charge in [-0.3, -0.25) is 14.7 Å². The maximum absolute atomic E-state index is 11.5. The molecule has 1 atom stereocenters. The van der Waals surface area contributed by atoms with Gasteiger partial charge in [-0.15, -0.1) is 24.0 Å². The number of carbonyl (C=O) groups is 1. The molecular formula is C20H34IN5O3. The second-order valence-corrected chi connectivity index (χ2v) is 7.49. The monoisotopic (exact) mass is 519 g/mol. The molecule has 0 bridgehead atoms. The van der Waals surface area contributed by atoms with Gasteiger partial charge in [-0.05, 0) is 31.9 Å². The molecular weight excluding hydrogens is 485 g/mol. The summed E-state index contributed by atoms with van der Waals surface area (Å²) in [6, 6.07) is 4.54. The summed E-state index contributed by atoms with van der Waals surface area (Å²) in [5.41, 5.74) is 0. The van der Waals surface area contributed by atoms with E-state index in [0.29, 0.717) is 12.6 Å². The maximum Gasteiger partial charge on any atom is 0.219 e. The highest BCUT2D eigenvalue weighted by molar-refractivity contribution is 14.0. The lowest BCUT2D eigenvalue weighted by Crippen LogP contribution is -2.51. The molecule has 0 radical (unpaired) electrons. The van der Waals surface area contributed by atoms with Crippen LogP contribution in [0.15, 0.2) is 21.5 Å². The number of morpholine rings is 1. The molecule has 1 aromatic rings. The molecule has 2 aliphatic heterocycles. The van der Waals surface area contributed by atoms with Gasteiger partial charge in [0.05, 0.1) is 19.3 Å². The minimum atomic E-state index is 0. The highest BCUT2D eigenvalue weighted by atomic mass is 127. The van der Waals surface area contributed by atoms with E-state index in [1.807, 2.05) is 17.9 Å². The SMILES string of the molecule is CN=C(NCC(c1ccc(C)o1)N1CCOCC1)NC1CCN(C(C)=O)CC1.I. The molecule has 0 aromatic carbocycles. The molecule has 9 heteroatoms. The zero-order valence-electron chi connectivity index (χ0n) is 17.6. The van der Waals surface area contributed by atoms with Gasteiger partial charge in [0.1, 0.15) is 11.5 Å². The number of amides is 1. The number of furan rings is 1. The van der Waals surface area contributed by atoms with Crippen LogP contribution in [0.2, 0.25) is 0 Å². The first-order chi connectivity index (χ1) is 13.6. The number of aryl methyl sites for hydroxylation is 1. The van der Waals surface area contributed by atoms with Crippen molar-refractivity contribution < 1.29 is 13.9 Å². The molecule has 0 spiro atoms. The number of nitrogens with one attached hydrogen (secondary N) is 2. The Kier molecular flexibility index (Phi) is 9.70. The Morgan fingerprint density at radius 3 is 2.48 bits per heavy atom. The van der Waals surface area contributed by atoms with Crippen LogP contribution in [-0.4, -0.2) is 80.7 Å². The third-order valence-electron chi connectivity index (χ3n) is 5.54. The number of rotatable bonds is 5. The lowest BCUT2D eigenvalue weighted by atomic mass is 10.1. The van der Waals surface area contributed by atoms with Crippen molar-refractivity contribution in [3.8, 4) is 0 Å². The first kappa shape index (κ1) is 23.9. The molecule has 29 heavy (non-hydrogen) atoms. The standard InChI is InChI=1S/C20H33N5O3.HI/c1-15-4-5-19(28-15)18(25-10-12-27-13-11-25)14-22-20(21-3)23-17-6-8-24(9-7-17)16(2)26;/h4-5,17-18H,6-14H2,1-3H3,(H2,21,22,23);1H. The van der Waals surface area contributed by atoms with Crippen LogP contribution in [0, 0.1) is 6.92 Å². The van der Waals surface area contributed by atoms with Crippen molar-refractivity contribution >= 4 is 35.8 Å². The van der Waals surface area contributed by atoms with Gasteiger partial charge >= 0.3 is 0 Å². The number of likely N-dealkylation sites (tertiary alicyclic amines) is 1. The Labute approximate surface area is 190 Å². The number of nitrogens with zero attached hydrogens (tertiary/aromatic N) is 3. The summed E-state index contributed by atoms with van der Waals surface area (Å²) in [4.78, 5) is 20.2. The van der Waals surface area contributed by atoms with Gasteiger partial charge < -0.3 is 24.7 Å². The lowest BCUT2D eigenvalue weighted by Gasteiger charge is -2.35. The number of guanidine groups is 1. The predicted octanol–water partition coefficient (Wildman–Crippen LogP) is 1.76. The molecule has 1 unspecified atom stereocenters. The van der Waals surface area contributed by atoms with Crippen molar-refractivity contribution in [2.24, 2.45) is 4.99 Å². The van der Waals surface area contributed by atoms with Crippen LogP contribution >= 0.6 is 24.0 Å². The second kappa shape index (κ2) is 11.8. The average molecular weight is 519 g/mol. The Hall–Kier alpha value is -1.33. The maximum atomic E-state index is 11.5. The zero-order valence-corrected chi connectivity index (χ0v) is 20.0. The largest absolute Gasteiger partial charge is 0.465 e. The molecule has 2 N–H and O–H groups in total. The number of aliphatic imine (C=N–C) groups is 1. The third kappa shape index (κ3) is 6.85. The van der Waals surface area contributed by atoms with E-state index in [1.54, 1.807) is 14.0 Å². The van der Waals surface area contributed by atoms with Gasteiger partial charge in [0, 0.05) is 52.7 Å². The summed E-state index contributed by atoms with van der Waals surface area (Å²) in [6.07, 6.45) is 1.87. The van der Waals surface area contributed by atoms with E-state index in [4.69, 9.17) is 9.15 Å². The van der Waals surface area contributed by atoms with Crippen molar-refractivity contribution in [1.29, 1.82) is 0 Å². The lowest BCUT2D eigenvalue weighted by molar-refractivity contribution is -0.129. The normalized spacial score (nSPS) is 20.1. The topological polar surface area (TPSA) is 82.3 Å². The molecule has 2 saturated heterocycles. The van der Waals surface area contributed by atoms with Crippen LogP contribution in [0.25, 0.3) is 0 Å². The zero-order chi connectivity index (χ0) is 19.9. The van der Waals surface area contributed by atoms with Crippen molar-refractivity contribution in [3.63, 3.8) is 0 Å². The van der Waals surface area contributed by atoms with E-state index in [2.05, 4.69) is 26.6 Å². The first-order valence-electron chi connectivity index (χ1n) is 10.2. The van der Waals surface area contributed by atoms with Gasteiger partial charge in [0.25, 0.3) is 0 Å². The fourth-order valence-electron chi connectivity index (χ4n) is 3.85. The Balaban J connectivity index is 0.00000300. The molecule has 8 nitrogen and oxygen atoms in total. The van der Waals surface area contributed by atoms with E-state index in [-0.39, 0.29) is 35.9 Å². The fraction of sp³-hybridized carbons (Fsp3) is 0.700. The third-order valence-corrected chi connectivity index (χ3v) is 5.54. The molecule has 3 rings (SSSR count). The molecule has 3 heterocycles. The van der Waals surface area contributed by atoms with Gasteiger partial charge in [-0.2, -0.15) is 0 Å². The average Bonchev–Trinajstić information content (AvgIpc) is 3.14. The van der Waals surface area contributed by atoms with Crippen molar-refractivity contribution in [3.05, 3.63) is 23.7 Å². The Morgan fingerprint density at radius 1 is 1.24 bits per heavy atom. The van der Waals surface area contributed by atoms with Crippen LogP contribution in [0.3, 0.4) is 0 Å². The number of hydrogen-bond donors (Lipinski definition) is 2. The van der Waals surface area contributed by atoms with E-state index >= 15 is 0 Å². The van der Waals surface area contributed by atoms with Crippen molar-refractivity contribution in [2.45, 2.75) is 38.8 Å². The quantitative estimate of drug-likeness (QED) is 0.351. The van der Waals surface area contributed by atoms with Crippen molar-refractivity contribution in [1.82, 2.24) is 20.4 Å². The Bertz CT molecular complexity index is 667. The van der Waals surface area contributed by atoms with Gasteiger partial charge in [0.15, 0.2) is 5.96 Å². The van der Waals surface area contributed by atoms with E-state index in [1.165, 1.54) is 0 Å². The summed E-state index contributed by atoms with van der Waals surface area (Å²) in [5.74, 6) is 2.84. The molecule has 2 aliphatic rings. The van der Waals surface area contributed by atoms with Crippen LogP contribution in [0.1, 0.15) is 37.3 Å². The highest BCUT2D eigenvalue weighted by Gasteiger charge is 2.26. The number of halogens is 1. The van der Waals surface area contributed by atoms with E-state index < -0.39 is 0 Å². The molecule has 0 aliphatic carbocycles. The molecule has 1 aromatic heterocycles. The molecule has 1 amide bonds. The minimum Gasteiger partial charge on any atom is -0.465 e. The predicted molar refractivity (Wildman–Crippen MR) is 124 cm³/mol. The molecule has 2 fully saturated rings. The summed E-state index contributed by atoms with van der Waals surface area (Å²) in [5, 5.41) is 6.98. The van der Waals surface area contributed by atoms with Crippen LogP contribution in [0.4, 0.5) is 0 Å². The summed E-state index contributed by atoms with van der Waals surface area (Å²) < 4.78 is 11.4. The van der Waals surface area contributed by atoms with Gasteiger partial charge in [-0.25, -0.2) is 0 Å². The summed E-state index contributed by atoms with van der Waals surface area (Å²) in [6.45, 7) is 9.19. The summed E-state index contributed by atoms with van der Waals surface area (Å²) in [7, 11) is 1.79. The first-order valence-corrected chi connectivity index (χ1v) is 10.2. The summed E-state index contributed by atoms with van der Waals surface area (Å²) >= 11 is 0. The second-order valence-electron chi connectivity index (χ2n) is 7.49. The molecule has 0 saturated carbocycles. The number of hydrogen-bond acceptors (Lipinski definition) is 5. The van der Waals surface area contributed by atoms with Gasteiger partial charge in [0.2, 0.25) is 5.91 Å².